The molecular formula is C20H27IN4OS. The van der Waals surface area contributed by atoms with Gasteiger partial charge in [-0.15, -0.1) is 35.3 Å². The van der Waals surface area contributed by atoms with Crippen LogP contribution in [-0.4, -0.2) is 57.3 Å². The SMILES string of the molecule is CN=C(NCC(c1cccs1)N1CCOCC1)N1CCc2ccccc21.I. The first-order valence-electron chi connectivity index (χ1n) is 9.28. The van der Waals surface area contributed by atoms with Gasteiger partial charge < -0.3 is 15.0 Å². The molecule has 2 aliphatic heterocycles. The van der Waals surface area contributed by atoms with Crippen LogP contribution in [0.4, 0.5) is 5.69 Å². The van der Waals surface area contributed by atoms with Crippen molar-refractivity contribution in [3.63, 3.8) is 0 Å². The Balaban J connectivity index is 0.00000210. The molecule has 1 saturated heterocycles. The molecule has 1 unspecified atom stereocenters. The highest BCUT2D eigenvalue weighted by molar-refractivity contribution is 14.0. The van der Waals surface area contributed by atoms with Crippen LogP contribution in [0.15, 0.2) is 46.8 Å². The molecule has 2 aromatic rings. The molecule has 3 heterocycles. The van der Waals surface area contributed by atoms with E-state index in [9.17, 15) is 0 Å². The molecule has 0 aliphatic carbocycles. The molecule has 27 heavy (non-hydrogen) atoms. The third-order valence-electron chi connectivity index (χ3n) is 5.17. The van der Waals surface area contributed by atoms with Gasteiger partial charge in [-0.2, -0.15) is 0 Å². The van der Waals surface area contributed by atoms with Gasteiger partial charge in [-0.1, -0.05) is 24.3 Å². The van der Waals surface area contributed by atoms with E-state index < -0.39 is 0 Å². The summed E-state index contributed by atoms with van der Waals surface area (Å²) in [6.45, 7) is 5.43. The number of ether oxygens (including phenoxy) is 1. The van der Waals surface area contributed by atoms with Crippen LogP contribution in [0.5, 0.6) is 0 Å². The minimum absolute atomic E-state index is 0. The van der Waals surface area contributed by atoms with E-state index in [1.165, 1.54) is 16.1 Å². The molecule has 0 radical (unpaired) electrons. The Kier molecular flexibility index (Phi) is 7.51. The molecule has 146 valence electrons. The smallest absolute Gasteiger partial charge is 0.198 e. The lowest BCUT2D eigenvalue weighted by Crippen LogP contribution is -2.47. The third-order valence-corrected chi connectivity index (χ3v) is 6.14. The van der Waals surface area contributed by atoms with Gasteiger partial charge in [-0.3, -0.25) is 9.89 Å². The van der Waals surface area contributed by atoms with Gasteiger partial charge >= 0.3 is 0 Å². The minimum Gasteiger partial charge on any atom is -0.379 e. The fourth-order valence-electron chi connectivity index (χ4n) is 3.82. The zero-order chi connectivity index (χ0) is 17.8. The normalized spacial score (nSPS) is 18.7. The zero-order valence-corrected chi connectivity index (χ0v) is 18.8. The summed E-state index contributed by atoms with van der Waals surface area (Å²) in [5.74, 6) is 0.963. The summed E-state index contributed by atoms with van der Waals surface area (Å²) >= 11 is 1.83. The van der Waals surface area contributed by atoms with Crippen LogP contribution >= 0.6 is 35.3 Å². The van der Waals surface area contributed by atoms with E-state index in [0.29, 0.717) is 6.04 Å². The molecule has 1 aromatic heterocycles. The van der Waals surface area contributed by atoms with E-state index in [0.717, 1.165) is 51.8 Å². The molecule has 1 N–H and O–H groups in total. The lowest BCUT2D eigenvalue weighted by molar-refractivity contribution is 0.0177. The molecule has 7 heteroatoms. The summed E-state index contributed by atoms with van der Waals surface area (Å²) in [4.78, 5) is 10.8. The van der Waals surface area contributed by atoms with Gasteiger partial charge in [-0.25, -0.2) is 0 Å². The number of para-hydroxylation sites is 1. The van der Waals surface area contributed by atoms with E-state index in [-0.39, 0.29) is 24.0 Å². The number of nitrogens with zero attached hydrogens (tertiary/aromatic N) is 3. The fraction of sp³-hybridized carbons (Fsp3) is 0.450. The maximum absolute atomic E-state index is 5.54. The molecule has 0 amide bonds. The highest BCUT2D eigenvalue weighted by atomic mass is 127. The van der Waals surface area contributed by atoms with Gasteiger partial charge in [0, 0.05) is 43.8 Å². The molecule has 1 aromatic carbocycles. The predicted molar refractivity (Wildman–Crippen MR) is 124 cm³/mol. The number of anilines is 1. The minimum atomic E-state index is 0. The molecule has 0 bridgehead atoms. The van der Waals surface area contributed by atoms with Crippen molar-refractivity contribution >= 4 is 47.0 Å². The first kappa shape index (κ1) is 20.6. The Hall–Kier alpha value is -1.16. The van der Waals surface area contributed by atoms with Crippen molar-refractivity contribution in [2.45, 2.75) is 12.5 Å². The second-order valence-corrected chi connectivity index (χ2v) is 7.62. The van der Waals surface area contributed by atoms with Gasteiger partial charge in [0.15, 0.2) is 5.96 Å². The van der Waals surface area contributed by atoms with Crippen molar-refractivity contribution in [3.8, 4) is 0 Å². The van der Waals surface area contributed by atoms with Crippen LogP contribution in [0, 0.1) is 0 Å². The Bertz CT molecular complexity index is 746. The van der Waals surface area contributed by atoms with Crippen molar-refractivity contribution in [1.82, 2.24) is 10.2 Å². The summed E-state index contributed by atoms with van der Waals surface area (Å²) in [6.07, 6.45) is 1.08. The molecule has 0 spiro atoms. The van der Waals surface area contributed by atoms with Crippen molar-refractivity contribution < 1.29 is 4.74 Å². The number of nitrogens with one attached hydrogen (secondary N) is 1. The van der Waals surface area contributed by atoms with E-state index in [4.69, 9.17) is 4.74 Å². The molecule has 1 atom stereocenters. The topological polar surface area (TPSA) is 40.1 Å². The number of thiophene rings is 1. The lowest BCUT2D eigenvalue weighted by atomic mass is 10.2. The average molecular weight is 498 g/mol. The van der Waals surface area contributed by atoms with Crippen molar-refractivity contribution in [2.24, 2.45) is 4.99 Å². The Morgan fingerprint density at radius 3 is 2.74 bits per heavy atom. The summed E-state index contributed by atoms with van der Waals surface area (Å²) in [6, 6.07) is 13.3. The van der Waals surface area contributed by atoms with E-state index >= 15 is 0 Å². The van der Waals surface area contributed by atoms with Crippen LogP contribution < -0.4 is 10.2 Å². The summed E-state index contributed by atoms with van der Waals surface area (Å²) in [7, 11) is 1.87. The number of hydrogen-bond acceptors (Lipinski definition) is 4. The standard InChI is InChI=1S/C20H26N4OS.HI/c1-21-20(24-9-8-16-5-2-3-6-17(16)24)22-15-18(19-7-4-14-26-19)23-10-12-25-13-11-23;/h2-7,14,18H,8-13,15H2,1H3,(H,21,22);1H. The Labute approximate surface area is 182 Å². The molecule has 0 saturated carbocycles. The van der Waals surface area contributed by atoms with Crippen molar-refractivity contribution in [3.05, 3.63) is 52.2 Å². The van der Waals surface area contributed by atoms with Gasteiger partial charge in [0.2, 0.25) is 0 Å². The van der Waals surface area contributed by atoms with Crippen molar-refractivity contribution in [1.29, 1.82) is 0 Å². The van der Waals surface area contributed by atoms with E-state index in [1.54, 1.807) is 0 Å². The maximum atomic E-state index is 5.54. The highest BCUT2D eigenvalue weighted by Crippen LogP contribution is 2.28. The number of halogens is 1. The first-order chi connectivity index (χ1) is 12.9. The number of fused-ring (bicyclic) bond motifs is 1. The Morgan fingerprint density at radius 1 is 1.19 bits per heavy atom. The van der Waals surface area contributed by atoms with Crippen LogP contribution in [0.3, 0.4) is 0 Å². The van der Waals surface area contributed by atoms with Gasteiger partial charge in [0.05, 0.1) is 19.3 Å². The van der Waals surface area contributed by atoms with Crippen LogP contribution in [-0.2, 0) is 11.2 Å². The number of benzene rings is 1. The lowest BCUT2D eigenvalue weighted by Gasteiger charge is -2.35. The highest BCUT2D eigenvalue weighted by Gasteiger charge is 2.26. The number of aliphatic imine (C=N–C) groups is 1. The molecule has 4 rings (SSSR count). The number of morpholine rings is 1. The average Bonchev–Trinajstić information content (AvgIpc) is 3.36. The quantitative estimate of drug-likeness (QED) is 0.399. The molecular weight excluding hydrogens is 471 g/mol. The molecule has 5 nitrogen and oxygen atoms in total. The van der Waals surface area contributed by atoms with Crippen molar-refractivity contribution in [2.75, 3.05) is 51.3 Å². The summed E-state index contributed by atoms with van der Waals surface area (Å²) in [5, 5.41) is 5.80. The number of rotatable bonds is 4. The molecule has 1 fully saturated rings. The largest absolute Gasteiger partial charge is 0.379 e. The van der Waals surface area contributed by atoms with Crippen LogP contribution in [0.1, 0.15) is 16.5 Å². The first-order valence-corrected chi connectivity index (χ1v) is 10.2. The molecule has 2 aliphatic rings. The maximum Gasteiger partial charge on any atom is 0.198 e. The monoisotopic (exact) mass is 498 g/mol. The zero-order valence-electron chi connectivity index (χ0n) is 15.6. The van der Waals surface area contributed by atoms with E-state index in [2.05, 4.69) is 61.9 Å². The van der Waals surface area contributed by atoms with Crippen LogP contribution in [0.25, 0.3) is 0 Å². The van der Waals surface area contributed by atoms with Gasteiger partial charge in [0.1, 0.15) is 0 Å². The summed E-state index contributed by atoms with van der Waals surface area (Å²) in [5.41, 5.74) is 2.68. The number of guanidine groups is 1. The predicted octanol–water partition coefficient (Wildman–Crippen LogP) is 3.38. The van der Waals surface area contributed by atoms with Crippen LogP contribution in [0.2, 0.25) is 0 Å². The van der Waals surface area contributed by atoms with Gasteiger partial charge in [-0.05, 0) is 29.5 Å². The fourth-order valence-corrected chi connectivity index (χ4v) is 4.68. The van der Waals surface area contributed by atoms with Gasteiger partial charge in [0.25, 0.3) is 0 Å². The second-order valence-electron chi connectivity index (χ2n) is 6.64. The second kappa shape index (κ2) is 9.86. The number of hydrogen-bond donors (Lipinski definition) is 1. The van der Waals surface area contributed by atoms with E-state index in [1.807, 2.05) is 18.4 Å². The third kappa shape index (κ3) is 4.64. The Morgan fingerprint density at radius 2 is 2.00 bits per heavy atom. The summed E-state index contributed by atoms with van der Waals surface area (Å²) < 4.78 is 5.54.